The Bertz CT molecular complexity index is 932. The van der Waals surface area contributed by atoms with Gasteiger partial charge in [-0.15, -0.1) is 0 Å². The fraction of sp³-hybridized carbons (Fsp3) is 0.286. The van der Waals surface area contributed by atoms with Gasteiger partial charge in [0.25, 0.3) is 5.91 Å². The monoisotopic (exact) mass is 351 g/mol. The first kappa shape index (κ1) is 16.8. The molecule has 1 saturated carbocycles. The van der Waals surface area contributed by atoms with Crippen LogP contribution in [0.5, 0.6) is 0 Å². The summed E-state index contributed by atoms with van der Waals surface area (Å²) in [6.45, 7) is 0. The Labute approximate surface area is 151 Å². The molecule has 1 heterocycles. The quantitative estimate of drug-likeness (QED) is 0.668. The molecule has 4 rings (SSSR count). The smallest absolute Gasteiger partial charge is 0.267 e. The molecule has 1 amide bonds. The molecule has 2 atom stereocenters. The molecule has 0 aliphatic heterocycles. The van der Waals surface area contributed by atoms with Crippen LogP contribution in [-0.2, 0) is 0 Å². The topological polar surface area (TPSA) is 70.9 Å². The molecular formula is C21H22FN3O. The number of hydrogen-bond acceptors (Lipinski definition) is 2. The van der Waals surface area contributed by atoms with Crippen LogP contribution < -0.4 is 11.1 Å². The maximum atomic E-state index is 13.1. The fourth-order valence-corrected chi connectivity index (χ4v) is 3.69. The number of nitrogens with two attached hydrogens (primary N) is 1. The van der Waals surface area contributed by atoms with Crippen molar-refractivity contribution in [1.29, 1.82) is 0 Å². The number of amides is 1. The van der Waals surface area contributed by atoms with Gasteiger partial charge in [-0.3, -0.25) is 4.79 Å². The van der Waals surface area contributed by atoms with E-state index in [1.807, 2.05) is 24.3 Å². The predicted molar refractivity (Wildman–Crippen MR) is 101 cm³/mol. The van der Waals surface area contributed by atoms with Crippen LogP contribution in [0, 0.1) is 5.82 Å². The van der Waals surface area contributed by atoms with Crippen molar-refractivity contribution in [1.82, 2.24) is 10.3 Å². The highest BCUT2D eigenvalue weighted by molar-refractivity contribution is 5.99. The normalized spacial score (nSPS) is 20.2. The number of carbonyl (C=O) groups is 1. The van der Waals surface area contributed by atoms with E-state index in [9.17, 15) is 9.18 Å². The Morgan fingerprint density at radius 1 is 1.08 bits per heavy atom. The second kappa shape index (κ2) is 6.92. The number of aromatic nitrogens is 1. The van der Waals surface area contributed by atoms with Gasteiger partial charge in [-0.2, -0.15) is 0 Å². The predicted octanol–water partition coefficient (Wildman–Crippen LogP) is 3.97. The number of benzene rings is 2. The molecular weight excluding hydrogens is 329 g/mol. The molecule has 1 aliphatic rings. The summed E-state index contributed by atoms with van der Waals surface area (Å²) in [6, 6.07) is 14.5. The molecule has 4 N–H and O–H groups in total. The highest BCUT2D eigenvalue weighted by Gasteiger charge is 2.21. The summed E-state index contributed by atoms with van der Waals surface area (Å²) in [4.78, 5) is 15.8. The molecule has 5 heteroatoms. The van der Waals surface area contributed by atoms with Crippen LogP contribution in [0.15, 0.2) is 48.5 Å². The van der Waals surface area contributed by atoms with Crippen LogP contribution in [0.2, 0.25) is 0 Å². The first-order chi connectivity index (χ1) is 12.6. The molecule has 0 spiro atoms. The van der Waals surface area contributed by atoms with E-state index in [-0.39, 0.29) is 23.8 Å². The molecule has 2 unspecified atom stereocenters. The Morgan fingerprint density at radius 2 is 1.85 bits per heavy atom. The molecule has 1 aliphatic carbocycles. The van der Waals surface area contributed by atoms with Crippen LogP contribution in [0.1, 0.15) is 36.2 Å². The Kier molecular flexibility index (Phi) is 4.47. The van der Waals surface area contributed by atoms with Gasteiger partial charge in [-0.1, -0.05) is 24.3 Å². The zero-order valence-corrected chi connectivity index (χ0v) is 14.5. The molecule has 1 aromatic heterocycles. The van der Waals surface area contributed by atoms with Crippen LogP contribution in [0.3, 0.4) is 0 Å². The number of hydrogen-bond donors (Lipinski definition) is 3. The SMILES string of the molecule is NC1CCCC(NC(=O)c2cc3ccc(-c4ccc(F)cc4)cc3[nH]2)C1. The molecule has 4 nitrogen and oxygen atoms in total. The fourth-order valence-electron chi connectivity index (χ4n) is 3.69. The Balaban J connectivity index is 1.55. The summed E-state index contributed by atoms with van der Waals surface area (Å²) in [5, 5.41) is 4.06. The van der Waals surface area contributed by atoms with E-state index in [1.54, 1.807) is 12.1 Å². The third-order valence-corrected chi connectivity index (χ3v) is 5.09. The number of carbonyl (C=O) groups excluding carboxylic acids is 1. The zero-order valence-electron chi connectivity index (χ0n) is 14.5. The lowest BCUT2D eigenvalue weighted by Crippen LogP contribution is -2.42. The summed E-state index contributed by atoms with van der Waals surface area (Å²) >= 11 is 0. The van der Waals surface area contributed by atoms with Gasteiger partial charge >= 0.3 is 0 Å². The van der Waals surface area contributed by atoms with Crippen LogP contribution in [0.25, 0.3) is 22.0 Å². The van der Waals surface area contributed by atoms with Crippen molar-refractivity contribution in [3.8, 4) is 11.1 Å². The van der Waals surface area contributed by atoms with Gasteiger partial charge in [0.1, 0.15) is 11.5 Å². The maximum Gasteiger partial charge on any atom is 0.267 e. The molecule has 0 radical (unpaired) electrons. The maximum absolute atomic E-state index is 13.1. The van der Waals surface area contributed by atoms with Gasteiger partial charge in [0, 0.05) is 23.0 Å². The van der Waals surface area contributed by atoms with Crippen LogP contribution >= 0.6 is 0 Å². The second-order valence-corrected chi connectivity index (χ2v) is 7.09. The Morgan fingerprint density at radius 3 is 2.62 bits per heavy atom. The molecule has 2 aromatic carbocycles. The van der Waals surface area contributed by atoms with E-state index in [0.717, 1.165) is 47.7 Å². The number of nitrogens with one attached hydrogen (secondary N) is 2. The highest BCUT2D eigenvalue weighted by Crippen LogP contribution is 2.25. The molecule has 26 heavy (non-hydrogen) atoms. The van der Waals surface area contributed by atoms with E-state index < -0.39 is 0 Å². The van der Waals surface area contributed by atoms with E-state index in [4.69, 9.17) is 5.73 Å². The van der Waals surface area contributed by atoms with Crippen LogP contribution in [0.4, 0.5) is 4.39 Å². The van der Waals surface area contributed by atoms with E-state index in [0.29, 0.717) is 5.69 Å². The van der Waals surface area contributed by atoms with Gasteiger partial charge in [-0.05, 0) is 61.1 Å². The van der Waals surface area contributed by atoms with Crippen LogP contribution in [-0.4, -0.2) is 23.0 Å². The van der Waals surface area contributed by atoms with Crippen molar-refractivity contribution in [3.05, 3.63) is 60.0 Å². The zero-order chi connectivity index (χ0) is 18.1. The Hall–Kier alpha value is -2.66. The van der Waals surface area contributed by atoms with Crippen molar-refractivity contribution in [2.24, 2.45) is 5.73 Å². The minimum atomic E-state index is -0.254. The number of H-pyrrole nitrogens is 1. The van der Waals surface area contributed by atoms with Gasteiger partial charge in [0.05, 0.1) is 0 Å². The van der Waals surface area contributed by atoms with Gasteiger partial charge in [-0.25, -0.2) is 4.39 Å². The minimum absolute atomic E-state index is 0.0939. The lowest BCUT2D eigenvalue weighted by molar-refractivity contribution is 0.0921. The molecule has 0 saturated heterocycles. The van der Waals surface area contributed by atoms with Crippen molar-refractivity contribution in [3.63, 3.8) is 0 Å². The van der Waals surface area contributed by atoms with Gasteiger partial charge < -0.3 is 16.0 Å². The van der Waals surface area contributed by atoms with E-state index >= 15 is 0 Å². The largest absolute Gasteiger partial charge is 0.351 e. The number of fused-ring (bicyclic) bond motifs is 1. The lowest BCUT2D eigenvalue weighted by Gasteiger charge is -2.27. The van der Waals surface area contributed by atoms with Crippen molar-refractivity contribution in [2.45, 2.75) is 37.8 Å². The van der Waals surface area contributed by atoms with Crippen molar-refractivity contribution >= 4 is 16.8 Å². The standard InChI is InChI=1S/C21H22FN3O/c22-16-8-6-13(7-9-16)14-4-5-15-11-20(25-19(15)10-14)21(26)24-18-3-1-2-17(23)12-18/h4-11,17-18,25H,1-3,12,23H2,(H,24,26). The van der Waals surface area contributed by atoms with Crippen molar-refractivity contribution < 1.29 is 9.18 Å². The molecule has 0 bridgehead atoms. The summed E-state index contributed by atoms with van der Waals surface area (Å²) in [5.41, 5.74) is 9.35. The summed E-state index contributed by atoms with van der Waals surface area (Å²) in [7, 11) is 0. The van der Waals surface area contributed by atoms with Crippen molar-refractivity contribution in [2.75, 3.05) is 0 Å². The lowest BCUT2D eigenvalue weighted by atomic mass is 9.91. The summed E-state index contributed by atoms with van der Waals surface area (Å²) in [6.07, 6.45) is 3.90. The first-order valence-corrected chi connectivity index (χ1v) is 9.03. The average Bonchev–Trinajstić information content (AvgIpc) is 3.06. The third-order valence-electron chi connectivity index (χ3n) is 5.09. The molecule has 1 fully saturated rings. The first-order valence-electron chi connectivity index (χ1n) is 9.03. The molecule has 3 aromatic rings. The summed E-state index contributed by atoms with van der Waals surface area (Å²) < 4.78 is 13.1. The highest BCUT2D eigenvalue weighted by atomic mass is 19.1. The number of halogens is 1. The van der Waals surface area contributed by atoms with Gasteiger partial charge in [0.15, 0.2) is 0 Å². The molecule has 134 valence electrons. The minimum Gasteiger partial charge on any atom is -0.351 e. The average molecular weight is 351 g/mol. The third kappa shape index (κ3) is 3.48. The summed E-state index contributed by atoms with van der Waals surface area (Å²) in [5.74, 6) is -0.347. The van der Waals surface area contributed by atoms with E-state index in [1.165, 1.54) is 12.1 Å². The second-order valence-electron chi connectivity index (χ2n) is 7.09. The number of aromatic amines is 1. The van der Waals surface area contributed by atoms with E-state index in [2.05, 4.69) is 10.3 Å². The van der Waals surface area contributed by atoms with Gasteiger partial charge in [0.2, 0.25) is 0 Å². The number of rotatable bonds is 3.